The maximum absolute atomic E-state index is 13.0. The summed E-state index contributed by atoms with van der Waals surface area (Å²) < 4.78 is 155. The van der Waals surface area contributed by atoms with E-state index in [9.17, 15) is 52.7 Å². The van der Waals surface area contributed by atoms with E-state index in [4.69, 9.17) is 22.5 Å². The molecule has 0 aliphatic rings. The van der Waals surface area contributed by atoms with Gasteiger partial charge in [-0.2, -0.15) is 43.9 Å². The molecule has 0 aromatic rings. The smallest absolute Gasteiger partial charge is 0.325 e. The van der Waals surface area contributed by atoms with Crippen LogP contribution in [0, 0.1) is 0 Å². The highest BCUT2D eigenvalue weighted by atomic mass is 35.9. The van der Waals surface area contributed by atoms with Gasteiger partial charge in [0.15, 0.2) is 0 Å². The van der Waals surface area contributed by atoms with E-state index in [1.165, 1.54) is 0 Å². The lowest BCUT2D eigenvalue weighted by molar-refractivity contribution is -0.414. The fourth-order valence-electron chi connectivity index (χ4n) is 0.994. The molecule has 0 aliphatic heterocycles. The molecule has 0 atom stereocenters. The standard InChI is InChI=1S/C7H3Cl2F12OP/c8-23(9)22-1-3(12,13)5(16,17)7(20,21)6(18,19)4(14,15)2(10)11/h2H,1H2. The predicted octanol–water partition coefficient (Wildman–Crippen LogP) is 6.15. The van der Waals surface area contributed by atoms with Crippen molar-refractivity contribution in [1.82, 2.24) is 0 Å². The van der Waals surface area contributed by atoms with Crippen LogP contribution in [0.25, 0.3) is 0 Å². The van der Waals surface area contributed by atoms with Gasteiger partial charge in [-0.1, -0.05) is 0 Å². The first-order valence-electron chi connectivity index (χ1n) is 4.78. The molecule has 0 spiro atoms. The number of halogens is 14. The number of hydrogen-bond acceptors (Lipinski definition) is 1. The highest BCUT2D eigenvalue weighted by molar-refractivity contribution is 8.00. The highest BCUT2D eigenvalue weighted by Crippen LogP contribution is 2.59. The van der Waals surface area contributed by atoms with E-state index >= 15 is 0 Å². The summed E-state index contributed by atoms with van der Waals surface area (Å²) in [5.41, 5.74) is 0. The molecule has 1 nitrogen and oxygen atoms in total. The Morgan fingerprint density at radius 3 is 1.43 bits per heavy atom. The molecule has 0 aromatic carbocycles. The lowest BCUT2D eigenvalue weighted by Crippen LogP contribution is -2.69. The Bertz CT molecular complexity index is 414. The SMILES string of the molecule is FC(F)C(F)(F)C(F)(F)C(F)(F)C(F)(F)C(F)(F)COP(Cl)Cl. The summed E-state index contributed by atoms with van der Waals surface area (Å²) in [7, 11) is 0. The Hall–Kier alpha value is 0.130. The summed E-state index contributed by atoms with van der Waals surface area (Å²) in [6, 6.07) is 0. The van der Waals surface area contributed by atoms with Gasteiger partial charge in [-0.25, -0.2) is 8.78 Å². The second-order valence-electron chi connectivity index (χ2n) is 3.83. The van der Waals surface area contributed by atoms with Crippen molar-refractivity contribution < 1.29 is 57.2 Å². The third kappa shape index (κ3) is 3.87. The van der Waals surface area contributed by atoms with Crippen LogP contribution in [0.15, 0.2) is 0 Å². The zero-order valence-corrected chi connectivity index (χ0v) is 12.3. The fourth-order valence-corrected chi connectivity index (χ4v) is 1.55. The molecule has 140 valence electrons. The third-order valence-corrected chi connectivity index (χ3v) is 3.19. The largest absolute Gasteiger partial charge is 0.384 e. The van der Waals surface area contributed by atoms with E-state index in [1.807, 2.05) is 0 Å². The molecule has 0 radical (unpaired) electrons. The lowest BCUT2D eigenvalue weighted by atomic mass is 9.95. The van der Waals surface area contributed by atoms with Crippen molar-refractivity contribution >= 4 is 29.3 Å². The van der Waals surface area contributed by atoms with Crippen LogP contribution in [0.5, 0.6) is 0 Å². The first kappa shape index (κ1) is 23.1. The molecule has 0 rings (SSSR count). The summed E-state index contributed by atoms with van der Waals surface area (Å²) >= 11 is 9.45. The quantitative estimate of drug-likeness (QED) is 0.330. The zero-order valence-electron chi connectivity index (χ0n) is 9.93. The minimum atomic E-state index is -7.58. The van der Waals surface area contributed by atoms with Gasteiger partial charge in [0.25, 0.3) is 0 Å². The second-order valence-corrected chi connectivity index (χ2v) is 6.85. The van der Waals surface area contributed by atoms with E-state index in [0.29, 0.717) is 0 Å². The summed E-state index contributed by atoms with van der Waals surface area (Å²) in [6.07, 6.45) is -5.54. The summed E-state index contributed by atoms with van der Waals surface area (Å²) in [5.74, 6) is -35.5. The maximum atomic E-state index is 13.0. The van der Waals surface area contributed by atoms with Crippen LogP contribution in [0.4, 0.5) is 52.7 Å². The maximum Gasteiger partial charge on any atom is 0.384 e. The van der Waals surface area contributed by atoms with Crippen LogP contribution < -0.4 is 0 Å². The number of alkyl halides is 12. The topological polar surface area (TPSA) is 9.23 Å². The van der Waals surface area contributed by atoms with Crippen molar-refractivity contribution in [3.8, 4) is 0 Å². The van der Waals surface area contributed by atoms with E-state index < -0.39 is 49.5 Å². The molecule has 0 aromatic heterocycles. The Kier molecular flexibility index (Phi) is 6.83. The van der Waals surface area contributed by atoms with Crippen LogP contribution in [0.2, 0.25) is 0 Å². The fraction of sp³-hybridized carbons (Fsp3) is 1.00. The Balaban J connectivity index is 5.86. The van der Waals surface area contributed by atoms with Gasteiger partial charge in [0.05, 0.1) is 0 Å². The van der Waals surface area contributed by atoms with Gasteiger partial charge in [-0.15, -0.1) is 0 Å². The Labute approximate surface area is 130 Å². The monoisotopic (exact) mass is 432 g/mol. The Morgan fingerprint density at radius 1 is 0.739 bits per heavy atom. The highest BCUT2D eigenvalue weighted by Gasteiger charge is 2.87. The molecule has 0 fully saturated rings. The predicted molar refractivity (Wildman–Crippen MR) is 55.3 cm³/mol. The molecule has 0 saturated carbocycles. The molecule has 16 heteroatoms. The van der Waals surface area contributed by atoms with Crippen LogP contribution in [0.1, 0.15) is 0 Å². The molecule has 0 saturated heterocycles. The molecular weight excluding hydrogens is 430 g/mol. The van der Waals surface area contributed by atoms with Gasteiger partial charge in [0, 0.05) is 0 Å². The first-order chi connectivity index (χ1) is 9.86. The van der Waals surface area contributed by atoms with Crippen molar-refractivity contribution in [3.63, 3.8) is 0 Å². The number of rotatable bonds is 8. The van der Waals surface area contributed by atoms with E-state index in [1.54, 1.807) is 0 Å². The summed E-state index contributed by atoms with van der Waals surface area (Å²) in [5, 5.41) is 0. The molecule has 0 unspecified atom stereocenters. The van der Waals surface area contributed by atoms with E-state index in [0.717, 1.165) is 0 Å². The van der Waals surface area contributed by atoms with Crippen LogP contribution >= 0.6 is 29.3 Å². The van der Waals surface area contributed by atoms with Gasteiger partial charge < -0.3 is 4.52 Å². The second kappa shape index (κ2) is 6.80. The Morgan fingerprint density at radius 2 is 1.13 bits per heavy atom. The van der Waals surface area contributed by atoms with Crippen molar-refractivity contribution in [2.75, 3.05) is 6.61 Å². The number of hydrogen-bond donors (Lipinski definition) is 0. The minimum Gasteiger partial charge on any atom is -0.325 e. The molecular formula is C7H3Cl2F12OP. The molecule has 0 aliphatic carbocycles. The van der Waals surface area contributed by atoms with Crippen LogP contribution in [-0.4, -0.2) is 42.6 Å². The molecule has 0 bridgehead atoms. The van der Waals surface area contributed by atoms with Gasteiger partial charge >= 0.3 is 36.0 Å². The summed E-state index contributed by atoms with van der Waals surface area (Å²) in [4.78, 5) is 0. The summed E-state index contributed by atoms with van der Waals surface area (Å²) in [6.45, 7) is -5.64. The molecule has 0 amide bonds. The average Bonchev–Trinajstić information content (AvgIpc) is 2.35. The third-order valence-electron chi connectivity index (χ3n) is 2.28. The average molecular weight is 433 g/mol. The van der Waals surface area contributed by atoms with Gasteiger partial charge in [-0.05, 0) is 22.5 Å². The van der Waals surface area contributed by atoms with Crippen LogP contribution in [0.3, 0.4) is 0 Å². The van der Waals surface area contributed by atoms with Gasteiger partial charge in [0.2, 0.25) is 6.85 Å². The van der Waals surface area contributed by atoms with Crippen molar-refractivity contribution in [2.45, 2.75) is 36.0 Å². The first-order valence-corrected chi connectivity index (χ1v) is 7.85. The zero-order chi connectivity index (χ0) is 19.1. The van der Waals surface area contributed by atoms with Crippen molar-refractivity contribution in [1.29, 1.82) is 0 Å². The van der Waals surface area contributed by atoms with E-state index in [2.05, 4.69) is 4.52 Å². The molecule has 0 N–H and O–H groups in total. The molecule has 0 heterocycles. The van der Waals surface area contributed by atoms with Gasteiger partial charge in [0.1, 0.15) is 6.61 Å². The lowest BCUT2D eigenvalue weighted by Gasteiger charge is -2.39. The van der Waals surface area contributed by atoms with Crippen LogP contribution in [-0.2, 0) is 4.52 Å². The van der Waals surface area contributed by atoms with E-state index in [-0.39, 0.29) is 0 Å². The van der Waals surface area contributed by atoms with Crippen molar-refractivity contribution in [3.05, 3.63) is 0 Å². The van der Waals surface area contributed by atoms with Gasteiger partial charge in [-0.3, -0.25) is 0 Å². The minimum absolute atomic E-state index is 2.76. The molecule has 23 heavy (non-hydrogen) atoms. The normalized spacial score (nSPS) is 15.7. The van der Waals surface area contributed by atoms with Crippen molar-refractivity contribution in [2.24, 2.45) is 0 Å².